The molecule has 11 heteroatoms. The van der Waals surface area contributed by atoms with E-state index in [4.69, 9.17) is 20.9 Å². The Bertz CT molecular complexity index is 1570. The highest BCUT2D eigenvalue weighted by atomic mass is 32.2. The van der Waals surface area contributed by atoms with E-state index in [-0.39, 0.29) is 21.3 Å². The molecule has 0 unspecified atom stereocenters. The Morgan fingerprint density at radius 3 is 1.49 bits per heavy atom. The predicted molar refractivity (Wildman–Crippen MR) is 130 cm³/mol. The lowest BCUT2D eigenvalue weighted by atomic mass is 10.3. The minimum atomic E-state index is -4.81. The van der Waals surface area contributed by atoms with Crippen molar-refractivity contribution in [2.75, 3.05) is 11.5 Å². The molecular weight excluding hydrogens is 492 g/mol. The van der Waals surface area contributed by atoms with E-state index < -0.39 is 24.9 Å². The molecule has 0 aromatic heterocycles. The largest absolute Gasteiger partial charge is 0.457 e. The second-order valence-corrected chi connectivity index (χ2v) is 10.7. The fourth-order valence-corrected chi connectivity index (χ4v) is 5.10. The van der Waals surface area contributed by atoms with Crippen LogP contribution in [0.4, 0.5) is 11.4 Å². The van der Waals surface area contributed by atoms with Gasteiger partial charge in [-0.05, 0) is 91.0 Å². The maximum Gasteiger partial charge on any atom is 0.298 e. The van der Waals surface area contributed by atoms with Crippen LogP contribution in [0.5, 0.6) is 23.0 Å². The Hall–Kier alpha value is -4.06. The predicted octanol–water partition coefficient (Wildman–Crippen LogP) is 4.52. The van der Waals surface area contributed by atoms with Gasteiger partial charge in [-0.3, -0.25) is 4.55 Å². The molecule has 4 aromatic rings. The third kappa shape index (κ3) is 5.54. The van der Waals surface area contributed by atoms with E-state index in [1.165, 1.54) is 42.5 Å². The van der Waals surface area contributed by atoms with Crippen LogP contribution in [0.3, 0.4) is 0 Å². The molecule has 0 atom stereocenters. The number of ether oxygens (including phenoxy) is 2. The van der Waals surface area contributed by atoms with Crippen molar-refractivity contribution in [3.63, 3.8) is 0 Å². The third-order valence-corrected chi connectivity index (χ3v) is 7.50. The average molecular weight is 513 g/mol. The van der Waals surface area contributed by atoms with E-state index in [0.29, 0.717) is 22.9 Å². The molecule has 4 aromatic carbocycles. The summed E-state index contributed by atoms with van der Waals surface area (Å²) >= 11 is 0. The number of rotatable bonds is 7. The van der Waals surface area contributed by atoms with E-state index in [1.54, 1.807) is 36.4 Å². The van der Waals surface area contributed by atoms with Gasteiger partial charge in [0.15, 0.2) is 0 Å². The number of anilines is 2. The smallest absolute Gasteiger partial charge is 0.298 e. The maximum absolute atomic E-state index is 13.1. The van der Waals surface area contributed by atoms with E-state index in [1.807, 2.05) is 0 Å². The van der Waals surface area contributed by atoms with E-state index >= 15 is 0 Å². The van der Waals surface area contributed by atoms with Gasteiger partial charge in [0, 0.05) is 11.4 Å². The zero-order chi connectivity index (χ0) is 25.2. The maximum atomic E-state index is 13.1. The summed E-state index contributed by atoms with van der Waals surface area (Å²) in [6, 6.07) is 21.5. The molecule has 0 bridgehead atoms. The van der Waals surface area contributed by atoms with Crippen molar-refractivity contribution in [3.05, 3.63) is 91.0 Å². The van der Waals surface area contributed by atoms with Crippen LogP contribution in [0.2, 0.25) is 0 Å². The molecule has 0 aliphatic heterocycles. The van der Waals surface area contributed by atoms with Crippen molar-refractivity contribution in [1.29, 1.82) is 0 Å². The molecular formula is C24H20N2O7S2. The number of benzene rings is 4. The van der Waals surface area contributed by atoms with Gasteiger partial charge in [-0.1, -0.05) is 0 Å². The monoisotopic (exact) mass is 512 g/mol. The van der Waals surface area contributed by atoms with E-state index in [0.717, 1.165) is 12.1 Å². The number of nitrogens with two attached hydrogens (primary N) is 2. The molecule has 0 heterocycles. The first-order valence-corrected chi connectivity index (χ1v) is 13.0. The van der Waals surface area contributed by atoms with Crippen LogP contribution >= 0.6 is 0 Å². The number of sulfone groups is 1. The van der Waals surface area contributed by atoms with Crippen LogP contribution in [0.25, 0.3) is 0 Å². The molecule has 0 spiro atoms. The summed E-state index contributed by atoms with van der Waals surface area (Å²) in [6.45, 7) is 0. The zero-order valence-corrected chi connectivity index (χ0v) is 19.7. The zero-order valence-electron chi connectivity index (χ0n) is 18.0. The van der Waals surface area contributed by atoms with Crippen LogP contribution < -0.4 is 20.9 Å². The van der Waals surface area contributed by atoms with Crippen molar-refractivity contribution < 1.29 is 30.9 Å². The first kappa shape index (κ1) is 24.1. The fraction of sp³-hybridized carbons (Fsp3) is 0. The normalized spacial score (nSPS) is 11.7. The second kappa shape index (κ2) is 9.29. The van der Waals surface area contributed by atoms with Crippen molar-refractivity contribution in [2.24, 2.45) is 0 Å². The molecule has 5 N–H and O–H groups in total. The van der Waals surface area contributed by atoms with Gasteiger partial charge in [-0.15, -0.1) is 0 Å². The van der Waals surface area contributed by atoms with E-state index in [9.17, 15) is 21.4 Å². The van der Waals surface area contributed by atoms with Crippen LogP contribution in [0, 0.1) is 0 Å². The molecule has 0 saturated carbocycles. The molecule has 0 radical (unpaired) electrons. The molecule has 0 fully saturated rings. The molecule has 0 saturated heterocycles. The third-order valence-electron chi connectivity index (χ3n) is 4.86. The SMILES string of the molecule is Nc1ccc(Oc2ccc(S(=O)(=O)c3ccc(Oc4ccc(N)cc4)c(S(=O)(=O)O)c3)cc2)cc1. The summed E-state index contributed by atoms with van der Waals surface area (Å²) in [5.41, 5.74) is 12.3. The highest BCUT2D eigenvalue weighted by Crippen LogP contribution is 2.33. The average Bonchev–Trinajstić information content (AvgIpc) is 2.82. The van der Waals surface area contributed by atoms with Gasteiger partial charge in [-0.25, -0.2) is 8.42 Å². The van der Waals surface area contributed by atoms with Crippen molar-refractivity contribution in [1.82, 2.24) is 0 Å². The Morgan fingerprint density at radius 1 is 0.571 bits per heavy atom. The lowest BCUT2D eigenvalue weighted by Crippen LogP contribution is -2.06. The Labute approximate surface area is 202 Å². The topological polar surface area (TPSA) is 159 Å². The van der Waals surface area contributed by atoms with Crippen LogP contribution in [-0.4, -0.2) is 21.4 Å². The standard InChI is InChI=1S/C24H20N2O7S2/c25-16-1-5-18(6-2-16)32-19-9-11-21(12-10-19)34(27,28)22-13-14-23(24(15-22)35(29,30)31)33-20-7-3-17(26)4-8-20/h1-15H,25-26H2,(H,29,30,31). The van der Waals surface area contributed by atoms with Gasteiger partial charge in [0.25, 0.3) is 10.1 Å². The van der Waals surface area contributed by atoms with Crippen molar-refractivity contribution in [2.45, 2.75) is 14.7 Å². The summed E-state index contributed by atoms with van der Waals surface area (Å²) in [5, 5.41) is 0. The first-order chi connectivity index (χ1) is 16.5. The number of nitrogen functional groups attached to an aromatic ring is 2. The van der Waals surface area contributed by atoms with Gasteiger partial charge in [-0.2, -0.15) is 8.42 Å². The summed E-state index contributed by atoms with van der Waals surface area (Å²) in [5.74, 6) is 0.906. The van der Waals surface area contributed by atoms with Gasteiger partial charge in [0.05, 0.1) is 9.79 Å². The quantitative estimate of drug-likeness (QED) is 0.239. The molecule has 4 rings (SSSR count). The molecule has 180 valence electrons. The minimum Gasteiger partial charge on any atom is -0.457 e. The molecule has 35 heavy (non-hydrogen) atoms. The van der Waals surface area contributed by atoms with Gasteiger partial charge >= 0.3 is 0 Å². The van der Waals surface area contributed by atoms with Gasteiger partial charge < -0.3 is 20.9 Å². The fourth-order valence-electron chi connectivity index (χ4n) is 3.10. The highest BCUT2D eigenvalue weighted by molar-refractivity contribution is 7.91. The van der Waals surface area contributed by atoms with Crippen molar-refractivity contribution in [3.8, 4) is 23.0 Å². The summed E-state index contributed by atoms with van der Waals surface area (Å²) in [7, 11) is -8.95. The van der Waals surface area contributed by atoms with E-state index in [2.05, 4.69) is 0 Å². The molecule has 0 aliphatic carbocycles. The van der Waals surface area contributed by atoms with Gasteiger partial charge in [0.2, 0.25) is 9.84 Å². The lowest BCUT2D eigenvalue weighted by molar-refractivity contribution is 0.449. The Balaban J connectivity index is 1.63. The van der Waals surface area contributed by atoms with Gasteiger partial charge in [0.1, 0.15) is 27.9 Å². The van der Waals surface area contributed by atoms with Crippen molar-refractivity contribution >= 4 is 31.3 Å². The summed E-state index contributed by atoms with van der Waals surface area (Å²) < 4.78 is 71.2. The molecule has 0 aliphatic rings. The minimum absolute atomic E-state index is 0.101. The summed E-state index contributed by atoms with van der Waals surface area (Å²) in [4.78, 5) is -1.14. The molecule has 0 amide bonds. The highest BCUT2D eigenvalue weighted by Gasteiger charge is 2.24. The lowest BCUT2D eigenvalue weighted by Gasteiger charge is -2.12. The van der Waals surface area contributed by atoms with Crippen LogP contribution in [0.1, 0.15) is 0 Å². The Kier molecular flexibility index (Phi) is 6.39. The summed E-state index contributed by atoms with van der Waals surface area (Å²) in [6.07, 6.45) is 0. The van der Waals surface area contributed by atoms with Crippen LogP contribution in [-0.2, 0) is 20.0 Å². The Morgan fingerprint density at radius 2 is 1.00 bits per heavy atom. The molecule has 9 nitrogen and oxygen atoms in total. The number of hydrogen-bond donors (Lipinski definition) is 3. The second-order valence-electron chi connectivity index (χ2n) is 7.40. The first-order valence-electron chi connectivity index (χ1n) is 10.1. The van der Waals surface area contributed by atoms with Crippen LogP contribution in [0.15, 0.2) is 106 Å². The number of hydrogen-bond acceptors (Lipinski definition) is 8.